The molecule has 3 aromatic carbocycles. The number of hydrogen-bond acceptors (Lipinski definition) is 2. The summed E-state index contributed by atoms with van der Waals surface area (Å²) in [6.45, 7) is 1.19. The molecular formula is C25H23NO2. The summed E-state index contributed by atoms with van der Waals surface area (Å²) >= 11 is 0. The lowest BCUT2D eigenvalue weighted by Crippen LogP contribution is -2.35. The van der Waals surface area contributed by atoms with Crippen LogP contribution < -0.4 is 4.74 Å². The zero-order valence-corrected chi connectivity index (χ0v) is 15.7. The van der Waals surface area contributed by atoms with Crippen LogP contribution >= 0.6 is 0 Å². The van der Waals surface area contributed by atoms with E-state index in [1.165, 1.54) is 5.56 Å². The molecule has 0 aromatic heterocycles. The maximum Gasteiger partial charge on any atom is 0.226 e. The zero-order valence-electron chi connectivity index (χ0n) is 15.7. The minimum atomic E-state index is -0.150. The predicted molar refractivity (Wildman–Crippen MR) is 109 cm³/mol. The summed E-state index contributed by atoms with van der Waals surface area (Å²) in [6, 6.07) is 28.7. The molecule has 140 valence electrons. The number of para-hydroxylation sites is 1. The monoisotopic (exact) mass is 369 g/mol. The van der Waals surface area contributed by atoms with Crippen LogP contribution in [-0.4, -0.2) is 17.4 Å². The van der Waals surface area contributed by atoms with Crippen LogP contribution in [0.3, 0.4) is 0 Å². The fraction of sp³-hybridized carbons (Fsp3) is 0.240. The van der Waals surface area contributed by atoms with Crippen molar-refractivity contribution < 1.29 is 9.53 Å². The van der Waals surface area contributed by atoms with Gasteiger partial charge in [0.15, 0.2) is 0 Å². The maximum atomic E-state index is 13.4. The van der Waals surface area contributed by atoms with Gasteiger partial charge >= 0.3 is 0 Å². The molecule has 2 aliphatic rings. The molecule has 0 N–H and O–H groups in total. The van der Waals surface area contributed by atoms with Crippen molar-refractivity contribution in [3.8, 4) is 5.75 Å². The first kappa shape index (κ1) is 17.1. The second-order valence-electron chi connectivity index (χ2n) is 7.70. The number of benzene rings is 3. The molecule has 1 heterocycles. The standard InChI is InChI=1S/C25H23NO2/c27-25(22-15-21(22)18-9-3-1-4-10-18)26-16-20-13-7-8-14-23(20)28-24(17-26)19-11-5-2-6-12-19/h1-14,21-22,24H,15-17H2/t21-,22+,24?/m0/s1. The number of nitrogens with zero attached hydrogens (tertiary/aromatic N) is 1. The van der Waals surface area contributed by atoms with Crippen LogP contribution in [0.25, 0.3) is 0 Å². The van der Waals surface area contributed by atoms with Crippen LogP contribution in [0.5, 0.6) is 5.75 Å². The van der Waals surface area contributed by atoms with Gasteiger partial charge in [0.05, 0.1) is 6.54 Å². The van der Waals surface area contributed by atoms with Gasteiger partial charge in [0.1, 0.15) is 11.9 Å². The molecule has 5 rings (SSSR count). The van der Waals surface area contributed by atoms with Crippen LogP contribution in [0.2, 0.25) is 0 Å². The van der Waals surface area contributed by atoms with E-state index in [0.29, 0.717) is 19.0 Å². The number of fused-ring (bicyclic) bond motifs is 1. The molecule has 1 aliphatic heterocycles. The molecule has 1 saturated carbocycles. The van der Waals surface area contributed by atoms with Crippen molar-refractivity contribution >= 4 is 5.91 Å². The first-order valence-corrected chi connectivity index (χ1v) is 9.93. The molecule has 28 heavy (non-hydrogen) atoms. The van der Waals surface area contributed by atoms with Crippen LogP contribution in [-0.2, 0) is 11.3 Å². The zero-order chi connectivity index (χ0) is 18.9. The second-order valence-corrected chi connectivity index (χ2v) is 7.70. The third-order valence-electron chi connectivity index (χ3n) is 5.81. The Kier molecular flexibility index (Phi) is 4.36. The summed E-state index contributed by atoms with van der Waals surface area (Å²) in [5.41, 5.74) is 3.45. The largest absolute Gasteiger partial charge is 0.484 e. The Bertz CT molecular complexity index is 970. The lowest BCUT2D eigenvalue weighted by Gasteiger charge is -2.24. The quantitative estimate of drug-likeness (QED) is 0.654. The molecular weight excluding hydrogens is 346 g/mol. The van der Waals surface area contributed by atoms with Gasteiger partial charge in [-0.25, -0.2) is 0 Å². The number of rotatable bonds is 3. The van der Waals surface area contributed by atoms with E-state index in [2.05, 4.69) is 42.5 Å². The van der Waals surface area contributed by atoms with Gasteiger partial charge in [0.25, 0.3) is 0 Å². The lowest BCUT2D eigenvalue weighted by molar-refractivity contribution is -0.134. The molecule has 3 atom stereocenters. The molecule has 1 fully saturated rings. The van der Waals surface area contributed by atoms with Crippen molar-refractivity contribution in [2.24, 2.45) is 5.92 Å². The van der Waals surface area contributed by atoms with Crippen LogP contribution in [0.15, 0.2) is 84.9 Å². The van der Waals surface area contributed by atoms with E-state index in [1.54, 1.807) is 0 Å². The average Bonchev–Trinajstić information content (AvgIpc) is 3.57. The van der Waals surface area contributed by atoms with Gasteiger partial charge in [-0.3, -0.25) is 4.79 Å². The van der Waals surface area contributed by atoms with E-state index in [1.807, 2.05) is 47.4 Å². The molecule has 3 nitrogen and oxygen atoms in total. The van der Waals surface area contributed by atoms with Crippen molar-refractivity contribution in [1.82, 2.24) is 4.90 Å². The number of hydrogen-bond donors (Lipinski definition) is 0. The Morgan fingerprint density at radius 1 is 0.821 bits per heavy atom. The van der Waals surface area contributed by atoms with Crippen molar-refractivity contribution in [1.29, 1.82) is 0 Å². The first-order valence-electron chi connectivity index (χ1n) is 9.93. The molecule has 0 radical (unpaired) electrons. The number of ether oxygens (including phenoxy) is 1. The lowest BCUT2D eigenvalue weighted by atomic mass is 10.1. The second kappa shape index (κ2) is 7.16. The van der Waals surface area contributed by atoms with E-state index in [0.717, 1.165) is 23.3 Å². The fourth-order valence-corrected chi connectivity index (χ4v) is 4.19. The number of carbonyl (C=O) groups is 1. The SMILES string of the molecule is O=C([C@@H]1C[C@H]1c1ccccc1)N1Cc2ccccc2OC(c2ccccc2)C1. The summed E-state index contributed by atoms with van der Waals surface area (Å²) < 4.78 is 6.34. The molecule has 3 aromatic rings. The van der Waals surface area contributed by atoms with Gasteiger partial charge < -0.3 is 9.64 Å². The summed E-state index contributed by atoms with van der Waals surface area (Å²) in [6.07, 6.45) is 0.792. The Morgan fingerprint density at radius 3 is 2.21 bits per heavy atom. The fourth-order valence-electron chi connectivity index (χ4n) is 4.19. The Morgan fingerprint density at radius 2 is 1.46 bits per heavy atom. The highest BCUT2D eigenvalue weighted by atomic mass is 16.5. The summed E-state index contributed by atoms with van der Waals surface area (Å²) in [4.78, 5) is 15.4. The van der Waals surface area contributed by atoms with E-state index in [-0.39, 0.29) is 17.9 Å². The van der Waals surface area contributed by atoms with E-state index in [9.17, 15) is 4.79 Å². The summed E-state index contributed by atoms with van der Waals surface area (Å²) in [5, 5.41) is 0. The minimum Gasteiger partial charge on any atom is -0.484 e. The van der Waals surface area contributed by atoms with Gasteiger partial charge in [0, 0.05) is 18.0 Å². The number of carbonyl (C=O) groups excluding carboxylic acids is 1. The van der Waals surface area contributed by atoms with Gasteiger partial charge in [-0.15, -0.1) is 0 Å². The third-order valence-corrected chi connectivity index (χ3v) is 5.81. The Balaban J connectivity index is 1.41. The van der Waals surface area contributed by atoms with Crippen molar-refractivity contribution in [2.75, 3.05) is 6.54 Å². The molecule has 1 amide bonds. The molecule has 1 aliphatic carbocycles. The molecule has 3 heteroatoms. The Hall–Kier alpha value is -3.07. The van der Waals surface area contributed by atoms with E-state index < -0.39 is 0 Å². The number of amides is 1. The first-order chi connectivity index (χ1) is 13.8. The van der Waals surface area contributed by atoms with E-state index >= 15 is 0 Å². The Labute approximate surface area is 165 Å². The minimum absolute atomic E-state index is 0.0871. The van der Waals surface area contributed by atoms with Crippen molar-refractivity contribution in [3.63, 3.8) is 0 Å². The third kappa shape index (κ3) is 3.29. The molecule has 0 bridgehead atoms. The maximum absolute atomic E-state index is 13.4. The van der Waals surface area contributed by atoms with Crippen molar-refractivity contribution in [3.05, 3.63) is 102 Å². The highest BCUT2D eigenvalue weighted by Gasteiger charge is 2.46. The topological polar surface area (TPSA) is 29.5 Å². The van der Waals surface area contributed by atoms with Gasteiger partial charge in [0.2, 0.25) is 5.91 Å². The summed E-state index contributed by atoms with van der Waals surface area (Å²) in [5.74, 6) is 1.56. The van der Waals surface area contributed by atoms with Crippen LogP contribution in [0.4, 0.5) is 0 Å². The van der Waals surface area contributed by atoms with Crippen LogP contribution in [0.1, 0.15) is 35.1 Å². The van der Waals surface area contributed by atoms with Gasteiger partial charge in [-0.1, -0.05) is 78.9 Å². The molecule has 0 spiro atoms. The molecule has 1 unspecified atom stereocenters. The van der Waals surface area contributed by atoms with Gasteiger partial charge in [-0.2, -0.15) is 0 Å². The summed E-state index contributed by atoms with van der Waals surface area (Å²) in [7, 11) is 0. The van der Waals surface area contributed by atoms with E-state index in [4.69, 9.17) is 4.74 Å². The normalized spacial score (nSPS) is 23.3. The average molecular weight is 369 g/mol. The highest BCUT2D eigenvalue weighted by Crippen LogP contribution is 2.49. The smallest absolute Gasteiger partial charge is 0.226 e. The predicted octanol–water partition coefficient (Wildman–Crippen LogP) is 4.95. The van der Waals surface area contributed by atoms with Crippen molar-refractivity contribution in [2.45, 2.75) is 25.0 Å². The molecule has 0 saturated heterocycles. The highest BCUT2D eigenvalue weighted by molar-refractivity contribution is 5.83. The van der Waals surface area contributed by atoms with Gasteiger partial charge in [-0.05, 0) is 29.5 Å². The van der Waals surface area contributed by atoms with Crippen LogP contribution in [0, 0.1) is 5.92 Å².